The average Bonchev–Trinajstić information content (AvgIpc) is 2.72. The Morgan fingerprint density at radius 3 is 2.61 bits per heavy atom. The van der Waals surface area contributed by atoms with Gasteiger partial charge in [0.25, 0.3) is 0 Å². The molecule has 0 bridgehead atoms. The van der Waals surface area contributed by atoms with Gasteiger partial charge in [-0.3, -0.25) is 0 Å². The molecule has 0 saturated carbocycles. The van der Waals surface area contributed by atoms with Crippen LogP contribution in [0.4, 0.5) is 18.9 Å². The zero-order valence-corrected chi connectivity index (χ0v) is 9.45. The number of aryl methyl sites for hydroxylation is 1. The topological polar surface area (TPSA) is 51.0 Å². The summed E-state index contributed by atoms with van der Waals surface area (Å²) < 4.78 is 42.8. The number of aromatic nitrogens is 2. The molecule has 0 spiro atoms. The number of rotatable bonds is 3. The normalized spacial score (nSPS) is 11.6. The van der Waals surface area contributed by atoms with Gasteiger partial charge in [-0.15, -0.1) is 0 Å². The first kappa shape index (κ1) is 12.4. The van der Waals surface area contributed by atoms with Gasteiger partial charge in [0, 0.05) is 12.6 Å². The summed E-state index contributed by atoms with van der Waals surface area (Å²) in [5, 5.41) is 6.24. The van der Waals surface area contributed by atoms with Crippen LogP contribution in [0.15, 0.2) is 28.8 Å². The first-order chi connectivity index (χ1) is 8.47. The van der Waals surface area contributed by atoms with E-state index >= 15 is 0 Å². The van der Waals surface area contributed by atoms with E-state index in [0.29, 0.717) is 11.7 Å². The second-order valence-electron chi connectivity index (χ2n) is 3.63. The van der Waals surface area contributed by atoms with Crippen molar-refractivity contribution in [3.05, 3.63) is 41.5 Å². The fraction of sp³-hybridized carbons (Fsp3) is 0.273. The van der Waals surface area contributed by atoms with Crippen LogP contribution in [-0.4, -0.2) is 10.1 Å². The summed E-state index contributed by atoms with van der Waals surface area (Å²) in [6, 6.07) is 5.24. The Morgan fingerprint density at radius 1 is 1.28 bits per heavy atom. The summed E-state index contributed by atoms with van der Waals surface area (Å²) in [5.41, 5.74) is -0.724. The molecule has 0 fully saturated rings. The molecule has 0 aliphatic carbocycles. The largest absolute Gasteiger partial charge is 0.418 e. The lowest BCUT2D eigenvalue weighted by atomic mass is 10.1. The van der Waals surface area contributed by atoms with Crippen molar-refractivity contribution in [1.82, 2.24) is 10.1 Å². The molecule has 0 saturated heterocycles. The predicted octanol–water partition coefficient (Wildman–Crippen LogP) is 3.01. The maximum Gasteiger partial charge on any atom is 0.418 e. The Kier molecular flexibility index (Phi) is 3.22. The number of hydrogen-bond acceptors (Lipinski definition) is 4. The van der Waals surface area contributed by atoms with Crippen LogP contribution in [-0.2, 0) is 12.7 Å². The molecule has 2 aromatic rings. The van der Waals surface area contributed by atoms with Gasteiger partial charge in [0.1, 0.15) is 0 Å². The quantitative estimate of drug-likeness (QED) is 0.918. The third kappa shape index (κ3) is 2.79. The molecule has 96 valence electrons. The Labute approximate surface area is 101 Å². The molecule has 1 N–H and O–H groups in total. The Balaban J connectivity index is 2.14. The van der Waals surface area contributed by atoms with Crippen LogP contribution in [0, 0.1) is 6.92 Å². The fourth-order valence-electron chi connectivity index (χ4n) is 1.47. The minimum Gasteiger partial charge on any atom is -0.377 e. The molecule has 1 aromatic heterocycles. The lowest BCUT2D eigenvalue weighted by Gasteiger charge is -2.13. The number of nitrogens with zero attached hydrogens (tertiary/aromatic N) is 2. The molecule has 0 aliphatic rings. The smallest absolute Gasteiger partial charge is 0.377 e. The van der Waals surface area contributed by atoms with Crippen molar-refractivity contribution in [2.24, 2.45) is 0 Å². The molecule has 1 heterocycles. The Hall–Kier alpha value is -2.05. The van der Waals surface area contributed by atoms with Gasteiger partial charge in [0.2, 0.25) is 5.89 Å². The van der Waals surface area contributed by atoms with Gasteiger partial charge in [-0.2, -0.15) is 18.2 Å². The van der Waals surface area contributed by atoms with Gasteiger partial charge < -0.3 is 9.84 Å². The summed E-state index contributed by atoms with van der Waals surface area (Å²) in [5.74, 6) is 0.681. The van der Waals surface area contributed by atoms with E-state index in [4.69, 9.17) is 4.52 Å². The van der Waals surface area contributed by atoms with Gasteiger partial charge >= 0.3 is 6.18 Å². The van der Waals surface area contributed by atoms with E-state index in [-0.39, 0.29) is 12.2 Å². The molecule has 2 rings (SSSR count). The lowest BCUT2D eigenvalue weighted by Crippen LogP contribution is -2.11. The lowest BCUT2D eigenvalue weighted by molar-refractivity contribution is -0.137. The molecule has 18 heavy (non-hydrogen) atoms. The molecular weight excluding hydrogens is 247 g/mol. The fourth-order valence-corrected chi connectivity index (χ4v) is 1.47. The predicted molar refractivity (Wildman–Crippen MR) is 57.8 cm³/mol. The van der Waals surface area contributed by atoms with Crippen molar-refractivity contribution in [2.75, 3.05) is 5.32 Å². The van der Waals surface area contributed by atoms with E-state index in [1.54, 1.807) is 6.92 Å². The van der Waals surface area contributed by atoms with Crippen molar-refractivity contribution in [2.45, 2.75) is 19.6 Å². The minimum absolute atomic E-state index is 0.00699. The van der Waals surface area contributed by atoms with Crippen LogP contribution >= 0.6 is 0 Å². The van der Waals surface area contributed by atoms with E-state index in [1.165, 1.54) is 18.2 Å². The third-order valence-electron chi connectivity index (χ3n) is 2.24. The van der Waals surface area contributed by atoms with Crippen LogP contribution in [0.3, 0.4) is 0 Å². The van der Waals surface area contributed by atoms with Crippen LogP contribution in [0.25, 0.3) is 0 Å². The van der Waals surface area contributed by atoms with E-state index in [1.807, 2.05) is 0 Å². The van der Waals surface area contributed by atoms with Gasteiger partial charge in [0.15, 0.2) is 5.82 Å². The second-order valence-corrected chi connectivity index (χ2v) is 3.63. The second kappa shape index (κ2) is 4.67. The third-order valence-corrected chi connectivity index (χ3v) is 2.24. The zero-order chi connectivity index (χ0) is 13.2. The number of benzene rings is 1. The highest BCUT2D eigenvalue weighted by atomic mass is 19.4. The summed E-state index contributed by atoms with van der Waals surface area (Å²) >= 11 is 0. The Bertz CT molecular complexity index is 536. The highest BCUT2D eigenvalue weighted by Crippen LogP contribution is 2.34. The molecule has 0 amide bonds. The minimum atomic E-state index is -4.39. The van der Waals surface area contributed by atoms with Crippen molar-refractivity contribution in [3.8, 4) is 0 Å². The number of nitrogens with one attached hydrogen (secondary N) is 1. The van der Waals surface area contributed by atoms with Crippen LogP contribution < -0.4 is 5.32 Å². The zero-order valence-electron chi connectivity index (χ0n) is 9.45. The van der Waals surface area contributed by atoms with Gasteiger partial charge in [-0.1, -0.05) is 17.3 Å². The van der Waals surface area contributed by atoms with Crippen LogP contribution in [0.2, 0.25) is 0 Å². The number of anilines is 1. The molecular formula is C11H10F3N3O. The van der Waals surface area contributed by atoms with Crippen LogP contribution in [0.1, 0.15) is 17.3 Å². The molecule has 0 aliphatic heterocycles. The average molecular weight is 257 g/mol. The summed E-state index contributed by atoms with van der Waals surface area (Å²) in [6.45, 7) is 1.69. The molecule has 0 atom stereocenters. The summed E-state index contributed by atoms with van der Waals surface area (Å²) in [4.78, 5) is 3.90. The van der Waals surface area contributed by atoms with Crippen molar-refractivity contribution in [3.63, 3.8) is 0 Å². The number of para-hydroxylation sites is 1. The van der Waals surface area contributed by atoms with Crippen LogP contribution in [0.5, 0.6) is 0 Å². The first-order valence-electron chi connectivity index (χ1n) is 5.16. The highest BCUT2D eigenvalue weighted by Gasteiger charge is 2.33. The van der Waals surface area contributed by atoms with E-state index in [9.17, 15) is 13.2 Å². The number of alkyl halides is 3. The van der Waals surface area contributed by atoms with Gasteiger partial charge in [-0.05, 0) is 12.1 Å². The molecule has 0 unspecified atom stereocenters. The molecule has 0 radical (unpaired) electrons. The highest BCUT2D eigenvalue weighted by molar-refractivity contribution is 5.52. The van der Waals surface area contributed by atoms with Crippen molar-refractivity contribution in [1.29, 1.82) is 0 Å². The number of hydrogen-bond donors (Lipinski definition) is 1. The summed E-state index contributed by atoms with van der Waals surface area (Å²) in [7, 11) is 0. The van der Waals surface area contributed by atoms with E-state index in [0.717, 1.165) is 6.07 Å². The first-order valence-corrected chi connectivity index (χ1v) is 5.16. The standard InChI is InChI=1S/C11H10F3N3O/c1-7-16-10(17-18-7)6-15-9-5-3-2-4-8(9)11(12,13)14/h2-5,15H,6H2,1H3. The van der Waals surface area contributed by atoms with Crippen molar-refractivity contribution >= 4 is 5.69 Å². The summed E-state index contributed by atoms with van der Waals surface area (Å²) in [6.07, 6.45) is -4.39. The van der Waals surface area contributed by atoms with Crippen molar-refractivity contribution < 1.29 is 17.7 Å². The maximum atomic E-state index is 12.7. The molecule has 4 nitrogen and oxygen atoms in total. The Morgan fingerprint density at radius 2 is 2.00 bits per heavy atom. The van der Waals surface area contributed by atoms with Gasteiger partial charge in [-0.25, -0.2) is 0 Å². The van der Waals surface area contributed by atoms with Gasteiger partial charge in [0.05, 0.1) is 12.1 Å². The van der Waals surface area contributed by atoms with E-state index in [2.05, 4.69) is 15.5 Å². The molecule has 1 aromatic carbocycles. The monoisotopic (exact) mass is 257 g/mol. The maximum absolute atomic E-state index is 12.7. The molecule has 7 heteroatoms. The SMILES string of the molecule is Cc1nc(CNc2ccccc2C(F)(F)F)no1. The number of halogens is 3. The van der Waals surface area contributed by atoms with E-state index < -0.39 is 11.7 Å².